The van der Waals surface area contributed by atoms with E-state index in [0.717, 1.165) is 23.0 Å². The smallest absolute Gasteiger partial charge is 0.286 e. The Morgan fingerprint density at radius 1 is 1.35 bits per heavy atom. The van der Waals surface area contributed by atoms with Crippen LogP contribution in [0.25, 0.3) is 10.2 Å². The zero-order valence-corrected chi connectivity index (χ0v) is 14.6. The molecule has 26 heavy (non-hydrogen) atoms. The maximum Gasteiger partial charge on any atom is 0.286 e. The molecule has 0 aliphatic rings. The summed E-state index contributed by atoms with van der Waals surface area (Å²) in [6.07, 6.45) is 5.33. The molecule has 3 aromatic rings. The van der Waals surface area contributed by atoms with E-state index in [1.807, 2.05) is 19.1 Å². The molecule has 132 valence electrons. The second-order valence-electron chi connectivity index (χ2n) is 5.47. The molecule has 0 aliphatic carbocycles. The van der Waals surface area contributed by atoms with Crippen molar-refractivity contribution in [3.8, 4) is 18.1 Å². The largest absolute Gasteiger partial charge is 0.483 e. The van der Waals surface area contributed by atoms with Gasteiger partial charge in [-0.15, -0.1) is 6.42 Å². The van der Waals surface area contributed by atoms with E-state index in [4.69, 9.17) is 11.2 Å². The number of benzene rings is 2. The third kappa shape index (κ3) is 3.65. The van der Waals surface area contributed by atoms with Gasteiger partial charge in [-0.25, -0.2) is 8.78 Å². The third-order valence-corrected chi connectivity index (χ3v) is 4.64. The van der Waals surface area contributed by atoms with Crippen LogP contribution in [-0.4, -0.2) is 17.1 Å². The topological polar surface area (TPSA) is 43.6 Å². The summed E-state index contributed by atoms with van der Waals surface area (Å²) in [5.41, 5.74) is 1.02. The van der Waals surface area contributed by atoms with E-state index in [2.05, 4.69) is 10.9 Å². The first kappa shape index (κ1) is 17.8. The second-order valence-corrected chi connectivity index (χ2v) is 6.48. The van der Waals surface area contributed by atoms with E-state index in [0.29, 0.717) is 10.4 Å². The molecule has 1 aromatic heterocycles. The minimum absolute atomic E-state index is 0.00726. The van der Waals surface area contributed by atoms with Crippen LogP contribution < -0.4 is 9.54 Å². The van der Waals surface area contributed by atoms with Crippen LogP contribution in [0.2, 0.25) is 0 Å². The molecule has 0 N–H and O–H groups in total. The van der Waals surface area contributed by atoms with Crippen molar-refractivity contribution in [1.29, 1.82) is 0 Å². The van der Waals surface area contributed by atoms with Crippen LogP contribution in [0.15, 0.2) is 41.4 Å². The number of hydrogen-bond acceptors (Lipinski definition) is 3. The molecule has 0 bridgehead atoms. The molecule has 0 radical (unpaired) electrons. The lowest BCUT2D eigenvalue weighted by atomic mass is 10.2. The van der Waals surface area contributed by atoms with Crippen LogP contribution in [0.1, 0.15) is 5.56 Å². The summed E-state index contributed by atoms with van der Waals surface area (Å²) < 4.78 is 34.7. The quantitative estimate of drug-likeness (QED) is 0.659. The number of nitrogens with zero attached hydrogens (tertiary/aromatic N) is 2. The Hall–Kier alpha value is -2.98. The summed E-state index contributed by atoms with van der Waals surface area (Å²) in [7, 11) is 0. The maximum atomic E-state index is 14.1. The third-order valence-electron chi connectivity index (χ3n) is 3.61. The molecule has 0 fully saturated rings. The van der Waals surface area contributed by atoms with Crippen molar-refractivity contribution in [2.45, 2.75) is 13.5 Å². The summed E-state index contributed by atoms with van der Waals surface area (Å²) in [5, 5.41) is 0. The normalized spacial score (nSPS) is 11.5. The molecular formula is C19H14F2N2O2S. The van der Waals surface area contributed by atoms with Gasteiger partial charge >= 0.3 is 0 Å². The van der Waals surface area contributed by atoms with Gasteiger partial charge in [-0.1, -0.05) is 35.5 Å². The van der Waals surface area contributed by atoms with Crippen molar-refractivity contribution >= 4 is 27.5 Å². The minimum atomic E-state index is -0.753. The van der Waals surface area contributed by atoms with Crippen molar-refractivity contribution in [1.82, 2.24) is 4.57 Å². The Morgan fingerprint density at radius 2 is 2.12 bits per heavy atom. The molecule has 4 nitrogen and oxygen atoms in total. The molecule has 0 saturated carbocycles. The van der Waals surface area contributed by atoms with Crippen molar-refractivity contribution in [3.63, 3.8) is 0 Å². The SMILES string of the molecule is C#CCn1c(=NC(=O)COc2ccccc2C)sc2cc(F)cc(F)c21. The molecule has 2 aromatic carbocycles. The number of fused-ring (bicyclic) bond motifs is 1. The van der Waals surface area contributed by atoms with Crippen LogP contribution in [0.4, 0.5) is 8.78 Å². The standard InChI is InChI=1S/C19H14F2N2O2S/c1-3-8-23-18-14(21)9-13(20)10-16(18)26-19(23)22-17(24)11-25-15-7-5-4-6-12(15)2/h1,4-7,9-10H,8,11H2,2H3. The number of amides is 1. The number of aromatic nitrogens is 1. The molecule has 0 aliphatic heterocycles. The van der Waals surface area contributed by atoms with Crippen LogP contribution in [0.3, 0.4) is 0 Å². The van der Waals surface area contributed by atoms with Crippen molar-refractivity contribution < 1.29 is 18.3 Å². The van der Waals surface area contributed by atoms with Gasteiger partial charge in [-0.05, 0) is 24.6 Å². The highest BCUT2D eigenvalue weighted by atomic mass is 32.1. The molecule has 0 atom stereocenters. The van der Waals surface area contributed by atoms with Crippen LogP contribution in [0.5, 0.6) is 5.75 Å². The Balaban J connectivity index is 1.94. The highest BCUT2D eigenvalue weighted by molar-refractivity contribution is 7.16. The molecule has 0 unspecified atom stereocenters. The number of ether oxygens (including phenoxy) is 1. The van der Waals surface area contributed by atoms with E-state index in [1.54, 1.807) is 12.1 Å². The van der Waals surface area contributed by atoms with Gasteiger partial charge in [0, 0.05) is 6.07 Å². The molecule has 0 saturated heterocycles. The first-order valence-electron chi connectivity index (χ1n) is 7.67. The molecule has 7 heteroatoms. The predicted molar refractivity (Wildman–Crippen MR) is 95.8 cm³/mol. The maximum absolute atomic E-state index is 14.1. The number of halogens is 2. The zero-order chi connectivity index (χ0) is 18.7. The lowest BCUT2D eigenvalue weighted by molar-refractivity contribution is -0.120. The highest BCUT2D eigenvalue weighted by Crippen LogP contribution is 2.22. The fourth-order valence-corrected chi connectivity index (χ4v) is 3.54. The number of hydrogen-bond donors (Lipinski definition) is 0. The van der Waals surface area contributed by atoms with Crippen LogP contribution in [-0.2, 0) is 11.3 Å². The average molecular weight is 372 g/mol. The number of aryl methyl sites for hydroxylation is 1. The Bertz CT molecular complexity index is 1090. The second kappa shape index (κ2) is 7.50. The van der Waals surface area contributed by atoms with Gasteiger partial charge in [0.2, 0.25) is 0 Å². The fourth-order valence-electron chi connectivity index (χ4n) is 2.45. The molecule has 1 heterocycles. The van der Waals surface area contributed by atoms with Crippen LogP contribution >= 0.6 is 11.3 Å². The van der Waals surface area contributed by atoms with Gasteiger partial charge in [0.25, 0.3) is 5.91 Å². The van der Waals surface area contributed by atoms with Crippen molar-refractivity contribution in [2.75, 3.05) is 6.61 Å². The van der Waals surface area contributed by atoms with Gasteiger partial charge < -0.3 is 9.30 Å². The van der Waals surface area contributed by atoms with E-state index >= 15 is 0 Å². The van der Waals surface area contributed by atoms with Crippen LogP contribution in [0, 0.1) is 30.9 Å². The Labute approximate surface area is 152 Å². The van der Waals surface area contributed by atoms with E-state index in [-0.39, 0.29) is 23.5 Å². The summed E-state index contributed by atoms with van der Waals surface area (Å²) in [6, 6.07) is 9.23. The summed E-state index contributed by atoms with van der Waals surface area (Å²) in [4.78, 5) is 16.3. The van der Waals surface area contributed by atoms with E-state index in [9.17, 15) is 13.6 Å². The molecule has 0 spiro atoms. The number of carbonyl (C=O) groups is 1. The number of thiazole rings is 1. The molecule has 1 amide bonds. The van der Waals surface area contributed by atoms with E-state index < -0.39 is 17.5 Å². The van der Waals surface area contributed by atoms with Gasteiger partial charge in [-0.2, -0.15) is 4.99 Å². The number of para-hydroxylation sites is 1. The lowest BCUT2D eigenvalue weighted by Gasteiger charge is -2.06. The van der Waals surface area contributed by atoms with Gasteiger partial charge in [-0.3, -0.25) is 4.79 Å². The van der Waals surface area contributed by atoms with Gasteiger partial charge in [0.1, 0.15) is 11.6 Å². The predicted octanol–water partition coefficient (Wildman–Crippen LogP) is 3.43. The monoisotopic (exact) mass is 372 g/mol. The fraction of sp³-hybridized carbons (Fsp3) is 0.158. The first-order valence-corrected chi connectivity index (χ1v) is 8.49. The zero-order valence-electron chi connectivity index (χ0n) is 13.8. The van der Waals surface area contributed by atoms with Crippen molar-refractivity contribution in [2.24, 2.45) is 4.99 Å². The van der Waals surface area contributed by atoms with Gasteiger partial charge in [0.15, 0.2) is 17.2 Å². The highest BCUT2D eigenvalue weighted by Gasteiger charge is 2.13. The summed E-state index contributed by atoms with van der Waals surface area (Å²) in [6.45, 7) is 1.60. The number of rotatable bonds is 4. The number of carbonyl (C=O) groups excluding carboxylic acids is 1. The molecule has 3 rings (SSSR count). The minimum Gasteiger partial charge on any atom is -0.483 e. The van der Waals surface area contributed by atoms with Gasteiger partial charge in [0.05, 0.1) is 16.8 Å². The Kier molecular flexibility index (Phi) is 5.14. The van der Waals surface area contributed by atoms with Crippen molar-refractivity contribution in [3.05, 3.63) is 58.4 Å². The Morgan fingerprint density at radius 3 is 2.85 bits per heavy atom. The molecular weight excluding hydrogens is 358 g/mol. The summed E-state index contributed by atoms with van der Waals surface area (Å²) >= 11 is 0.990. The average Bonchev–Trinajstić information content (AvgIpc) is 2.92. The first-order chi connectivity index (χ1) is 12.5. The van der Waals surface area contributed by atoms with E-state index in [1.165, 1.54) is 10.6 Å². The number of terminal acetylenes is 1. The summed E-state index contributed by atoms with van der Waals surface area (Å²) in [5.74, 6) is 0.964. The lowest BCUT2D eigenvalue weighted by Crippen LogP contribution is -2.19.